The van der Waals surface area contributed by atoms with Gasteiger partial charge in [0.25, 0.3) is 0 Å². The minimum absolute atomic E-state index is 0.0270. The largest absolute Gasteiger partial charge is 0.495 e. The Morgan fingerprint density at radius 3 is 2.54 bits per heavy atom. The van der Waals surface area contributed by atoms with Gasteiger partial charge in [0.2, 0.25) is 10.0 Å². The highest BCUT2D eigenvalue weighted by molar-refractivity contribution is 7.89. The lowest BCUT2D eigenvalue weighted by atomic mass is 10.1. The van der Waals surface area contributed by atoms with Gasteiger partial charge in [-0.1, -0.05) is 24.0 Å². The van der Waals surface area contributed by atoms with Crippen LogP contribution in [0.15, 0.2) is 47.4 Å². The van der Waals surface area contributed by atoms with Crippen molar-refractivity contribution in [2.45, 2.75) is 18.0 Å². The minimum Gasteiger partial charge on any atom is -0.495 e. The molecule has 0 bridgehead atoms. The van der Waals surface area contributed by atoms with Gasteiger partial charge in [0, 0.05) is 5.56 Å². The molecule has 0 aromatic heterocycles. The van der Waals surface area contributed by atoms with Crippen LogP contribution in [-0.4, -0.2) is 22.1 Å². The van der Waals surface area contributed by atoms with Crippen LogP contribution in [0.3, 0.4) is 0 Å². The van der Waals surface area contributed by atoms with Gasteiger partial charge in [0.1, 0.15) is 10.6 Å². The monoisotopic (exact) mass is 383 g/mol. The molecule has 0 atom stereocenters. The highest BCUT2D eigenvalue weighted by Crippen LogP contribution is 2.29. The van der Waals surface area contributed by atoms with Gasteiger partial charge in [-0.05, 0) is 42.8 Å². The predicted octanol–water partition coefficient (Wildman–Crippen LogP) is 3.35. The molecule has 2 rings (SSSR count). The Morgan fingerprint density at radius 1 is 1.15 bits per heavy atom. The van der Waals surface area contributed by atoms with Crippen LogP contribution in [0, 0.1) is 18.8 Å². The summed E-state index contributed by atoms with van der Waals surface area (Å²) in [6.07, 6.45) is -4.46. The van der Waals surface area contributed by atoms with E-state index < -0.39 is 21.8 Å². The summed E-state index contributed by atoms with van der Waals surface area (Å²) in [4.78, 5) is -0.0270. The van der Waals surface area contributed by atoms with Gasteiger partial charge >= 0.3 is 6.18 Å². The Hall–Kier alpha value is -2.50. The molecule has 0 spiro atoms. The molecular weight excluding hydrogens is 367 g/mol. The number of aryl methyl sites for hydroxylation is 1. The Morgan fingerprint density at radius 2 is 1.88 bits per heavy atom. The molecule has 0 unspecified atom stereocenters. The van der Waals surface area contributed by atoms with Gasteiger partial charge < -0.3 is 4.74 Å². The number of benzene rings is 2. The maximum Gasteiger partial charge on any atom is 0.416 e. The Bertz CT molecular complexity index is 958. The van der Waals surface area contributed by atoms with E-state index >= 15 is 0 Å². The first kappa shape index (κ1) is 19.8. The average molecular weight is 383 g/mol. The van der Waals surface area contributed by atoms with E-state index in [1.54, 1.807) is 13.0 Å². The van der Waals surface area contributed by atoms with Crippen molar-refractivity contribution in [3.8, 4) is 17.6 Å². The van der Waals surface area contributed by atoms with E-state index in [0.717, 1.165) is 17.7 Å². The molecule has 8 heteroatoms. The Labute approximate surface area is 150 Å². The van der Waals surface area contributed by atoms with Gasteiger partial charge in [-0.25, -0.2) is 8.42 Å². The van der Waals surface area contributed by atoms with Crippen LogP contribution in [0.2, 0.25) is 0 Å². The fraction of sp³-hybridized carbons (Fsp3) is 0.222. The number of hydrogen-bond acceptors (Lipinski definition) is 3. The van der Waals surface area contributed by atoms with Gasteiger partial charge in [-0.15, -0.1) is 0 Å². The molecule has 0 saturated heterocycles. The normalized spacial score (nSPS) is 11.6. The van der Waals surface area contributed by atoms with Crippen LogP contribution in [0.5, 0.6) is 5.75 Å². The van der Waals surface area contributed by atoms with Gasteiger partial charge in [-0.2, -0.15) is 17.9 Å². The summed E-state index contributed by atoms with van der Waals surface area (Å²) in [5.74, 6) is 5.21. The lowest BCUT2D eigenvalue weighted by Gasteiger charge is -2.10. The van der Waals surface area contributed by atoms with E-state index in [4.69, 9.17) is 4.74 Å². The number of alkyl halides is 3. The number of hydrogen-bond donors (Lipinski definition) is 1. The van der Waals surface area contributed by atoms with Crippen LogP contribution in [-0.2, 0) is 16.2 Å². The summed E-state index contributed by atoms with van der Waals surface area (Å²) in [6.45, 7) is 1.49. The number of rotatable bonds is 4. The Kier molecular flexibility index (Phi) is 5.95. The van der Waals surface area contributed by atoms with Gasteiger partial charge in [0.05, 0.1) is 19.2 Å². The first-order valence-electron chi connectivity index (χ1n) is 7.44. The smallest absolute Gasteiger partial charge is 0.416 e. The number of methoxy groups -OCH3 is 1. The number of ether oxygens (including phenoxy) is 1. The van der Waals surface area contributed by atoms with Crippen LogP contribution >= 0.6 is 0 Å². The average Bonchev–Trinajstić information content (AvgIpc) is 2.58. The molecule has 4 nitrogen and oxygen atoms in total. The van der Waals surface area contributed by atoms with Gasteiger partial charge in [0.15, 0.2) is 0 Å². The van der Waals surface area contributed by atoms with E-state index in [1.807, 2.05) is 0 Å². The Balaban J connectivity index is 2.14. The lowest BCUT2D eigenvalue weighted by molar-refractivity contribution is -0.137. The van der Waals surface area contributed by atoms with Crippen molar-refractivity contribution in [2.75, 3.05) is 13.7 Å². The zero-order chi connectivity index (χ0) is 19.4. The van der Waals surface area contributed by atoms with E-state index in [0.29, 0.717) is 0 Å². The van der Waals surface area contributed by atoms with Crippen molar-refractivity contribution in [2.24, 2.45) is 0 Å². The van der Waals surface area contributed by atoms with Crippen molar-refractivity contribution < 1.29 is 26.3 Å². The summed E-state index contributed by atoms with van der Waals surface area (Å²) in [6, 6.07) is 9.23. The first-order valence-corrected chi connectivity index (χ1v) is 8.92. The molecule has 0 aliphatic rings. The fourth-order valence-corrected chi connectivity index (χ4v) is 3.30. The third-order valence-electron chi connectivity index (χ3n) is 3.38. The molecule has 2 aromatic rings. The molecule has 0 aliphatic carbocycles. The third-order valence-corrected chi connectivity index (χ3v) is 4.80. The van der Waals surface area contributed by atoms with Crippen molar-refractivity contribution in [1.29, 1.82) is 0 Å². The molecule has 0 heterocycles. The van der Waals surface area contributed by atoms with Crippen molar-refractivity contribution in [1.82, 2.24) is 4.72 Å². The first-order chi connectivity index (χ1) is 12.1. The zero-order valence-corrected chi connectivity index (χ0v) is 14.8. The number of nitrogens with one attached hydrogen (secondary N) is 1. The zero-order valence-electron chi connectivity index (χ0n) is 14.0. The maximum atomic E-state index is 12.7. The van der Waals surface area contributed by atoms with Crippen LogP contribution < -0.4 is 9.46 Å². The summed E-state index contributed by atoms with van der Waals surface area (Å²) < 4.78 is 70.0. The molecule has 26 heavy (non-hydrogen) atoms. The summed E-state index contributed by atoms with van der Waals surface area (Å²) >= 11 is 0. The van der Waals surface area contributed by atoms with Crippen molar-refractivity contribution in [3.63, 3.8) is 0 Å². The number of halogens is 3. The quantitative estimate of drug-likeness (QED) is 0.824. The predicted molar refractivity (Wildman–Crippen MR) is 91.2 cm³/mol. The van der Waals surface area contributed by atoms with Gasteiger partial charge in [-0.3, -0.25) is 0 Å². The topological polar surface area (TPSA) is 55.4 Å². The SMILES string of the molecule is COc1ccc(C)cc1S(=O)(=O)NCC#Cc1cccc(C(F)(F)F)c1. The second-order valence-electron chi connectivity index (χ2n) is 5.36. The molecule has 0 amide bonds. The van der Waals surface area contributed by atoms with Crippen LogP contribution in [0.4, 0.5) is 13.2 Å². The molecule has 0 aliphatic heterocycles. The highest BCUT2D eigenvalue weighted by Gasteiger charge is 2.30. The standard InChI is InChI=1S/C18H16F3NO3S/c1-13-8-9-16(25-2)17(11-13)26(23,24)22-10-4-6-14-5-3-7-15(12-14)18(19,20)21/h3,5,7-9,11-12,22H,10H2,1-2H3. The summed E-state index contributed by atoms with van der Waals surface area (Å²) in [7, 11) is -2.51. The second kappa shape index (κ2) is 7.81. The van der Waals surface area contributed by atoms with E-state index in [2.05, 4.69) is 16.6 Å². The molecule has 1 N–H and O–H groups in total. The maximum absolute atomic E-state index is 12.7. The molecule has 138 valence electrons. The van der Waals surface area contributed by atoms with Crippen LogP contribution in [0.1, 0.15) is 16.7 Å². The second-order valence-corrected chi connectivity index (χ2v) is 7.09. The molecule has 0 radical (unpaired) electrons. The molecule has 0 saturated carbocycles. The highest BCUT2D eigenvalue weighted by atomic mass is 32.2. The number of sulfonamides is 1. The minimum atomic E-state index is -4.46. The molecular formula is C18H16F3NO3S. The lowest BCUT2D eigenvalue weighted by Crippen LogP contribution is -2.24. The van der Waals surface area contributed by atoms with E-state index in [1.165, 1.54) is 31.4 Å². The van der Waals surface area contributed by atoms with E-state index in [9.17, 15) is 21.6 Å². The summed E-state index contributed by atoms with van der Waals surface area (Å²) in [5, 5.41) is 0. The summed E-state index contributed by atoms with van der Waals surface area (Å²) in [5.41, 5.74) is 0.0720. The van der Waals surface area contributed by atoms with Crippen molar-refractivity contribution >= 4 is 10.0 Å². The van der Waals surface area contributed by atoms with E-state index in [-0.39, 0.29) is 22.8 Å². The molecule has 0 fully saturated rings. The van der Waals surface area contributed by atoms with Crippen molar-refractivity contribution in [3.05, 3.63) is 59.2 Å². The molecule has 2 aromatic carbocycles. The third kappa shape index (κ3) is 5.00. The van der Waals surface area contributed by atoms with Crippen LogP contribution in [0.25, 0.3) is 0 Å². The fourth-order valence-electron chi connectivity index (χ4n) is 2.12.